The summed E-state index contributed by atoms with van der Waals surface area (Å²) in [5.41, 5.74) is 4.35. The molecule has 2 unspecified atom stereocenters. The van der Waals surface area contributed by atoms with E-state index in [0.717, 1.165) is 11.1 Å². The van der Waals surface area contributed by atoms with Gasteiger partial charge in [0.05, 0.1) is 0 Å². The van der Waals surface area contributed by atoms with Crippen molar-refractivity contribution in [2.45, 2.75) is 40.3 Å². The largest absolute Gasteiger partial charge is 0.352 e. The maximum absolute atomic E-state index is 6.06. The molecular formula is C22H28O3Y2-2. The first-order chi connectivity index (χ1) is 12.0. The van der Waals surface area contributed by atoms with Gasteiger partial charge >= 0.3 is 0 Å². The third-order valence-electron chi connectivity index (χ3n) is 4.20. The van der Waals surface area contributed by atoms with Gasteiger partial charge in [0.2, 0.25) is 0 Å². The minimum atomic E-state index is -0.490. The molecule has 0 saturated heterocycles. The molecule has 0 fully saturated rings. The molecule has 0 spiro atoms. The van der Waals surface area contributed by atoms with E-state index in [9.17, 15) is 0 Å². The number of rotatable bonds is 8. The van der Waals surface area contributed by atoms with Gasteiger partial charge in [-0.2, -0.15) is 47.2 Å². The van der Waals surface area contributed by atoms with Crippen molar-refractivity contribution in [2.24, 2.45) is 0 Å². The van der Waals surface area contributed by atoms with Crippen LogP contribution in [0, 0.1) is 11.8 Å². The van der Waals surface area contributed by atoms with Crippen molar-refractivity contribution in [3.05, 3.63) is 82.6 Å². The fraction of sp³-hybridized carbons (Fsp3) is 0.364. The van der Waals surface area contributed by atoms with Crippen LogP contribution in [0.1, 0.15) is 62.5 Å². The second-order valence-electron chi connectivity index (χ2n) is 6.52. The fourth-order valence-corrected chi connectivity index (χ4v) is 2.60. The molecule has 0 bridgehead atoms. The van der Waals surface area contributed by atoms with Crippen LogP contribution in [-0.4, -0.2) is 14.2 Å². The smallest absolute Gasteiger partial charge is 0.184 e. The van der Waals surface area contributed by atoms with Crippen LogP contribution in [0.4, 0.5) is 0 Å². The molecular weight excluding hydrogens is 490 g/mol. The SMILES string of the molecule is COC(OC(OC)c1ccc([C-](C)C)cc1)c1ccc([C-](C)C)cc1.[Y].[Y]. The average molecular weight is 518 g/mol. The Hall–Kier alpha value is 0.268. The first kappa shape index (κ1) is 27.3. The minimum Gasteiger partial charge on any atom is -0.352 e. The summed E-state index contributed by atoms with van der Waals surface area (Å²) in [4.78, 5) is 0. The minimum absolute atomic E-state index is 0. The average Bonchev–Trinajstić information content (AvgIpc) is 2.63. The van der Waals surface area contributed by atoms with Gasteiger partial charge in [0.25, 0.3) is 0 Å². The molecule has 2 aromatic carbocycles. The van der Waals surface area contributed by atoms with E-state index in [1.807, 2.05) is 24.3 Å². The number of hydrogen-bond donors (Lipinski definition) is 0. The van der Waals surface area contributed by atoms with Crippen LogP contribution in [0.25, 0.3) is 0 Å². The summed E-state index contributed by atoms with van der Waals surface area (Å²) in [7, 11) is 3.28. The van der Waals surface area contributed by atoms with E-state index in [2.05, 4.69) is 52.0 Å². The zero-order valence-electron chi connectivity index (χ0n) is 17.2. The third kappa shape index (κ3) is 7.89. The summed E-state index contributed by atoms with van der Waals surface area (Å²) >= 11 is 0. The Morgan fingerprint density at radius 3 is 1.11 bits per heavy atom. The van der Waals surface area contributed by atoms with Gasteiger partial charge in [0, 0.05) is 79.6 Å². The van der Waals surface area contributed by atoms with Gasteiger partial charge in [-0.3, -0.25) is 0 Å². The van der Waals surface area contributed by atoms with Crippen LogP contribution >= 0.6 is 0 Å². The molecule has 2 radical (unpaired) electrons. The van der Waals surface area contributed by atoms with Crippen molar-refractivity contribution in [1.29, 1.82) is 0 Å². The predicted molar refractivity (Wildman–Crippen MR) is 101 cm³/mol. The monoisotopic (exact) mass is 518 g/mol. The zero-order valence-corrected chi connectivity index (χ0v) is 22.8. The Labute approximate surface area is 214 Å². The Bertz CT molecular complexity index is 582. The molecule has 142 valence electrons. The van der Waals surface area contributed by atoms with E-state index in [0.29, 0.717) is 0 Å². The molecule has 0 amide bonds. The molecule has 0 aliphatic heterocycles. The summed E-state index contributed by atoms with van der Waals surface area (Å²) in [6, 6.07) is 16.4. The maximum atomic E-state index is 6.06. The van der Waals surface area contributed by atoms with Crippen molar-refractivity contribution in [3.8, 4) is 0 Å². The molecule has 0 heterocycles. The number of methoxy groups -OCH3 is 2. The van der Waals surface area contributed by atoms with Crippen LogP contribution in [0.3, 0.4) is 0 Å². The topological polar surface area (TPSA) is 27.7 Å². The molecule has 27 heavy (non-hydrogen) atoms. The van der Waals surface area contributed by atoms with Crippen LogP contribution in [-0.2, 0) is 79.6 Å². The van der Waals surface area contributed by atoms with Crippen LogP contribution < -0.4 is 0 Å². The van der Waals surface area contributed by atoms with Gasteiger partial charge in [-0.15, -0.1) is 24.3 Å². The van der Waals surface area contributed by atoms with Gasteiger partial charge in [-0.25, -0.2) is 0 Å². The second kappa shape index (κ2) is 13.5. The number of benzene rings is 2. The van der Waals surface area contributed by atoms with E-state index in [1.54, 1.807) is 14.2 Å². The molecule has 0 aromatic heterocycles. The van der Waals surface area contributed by atoms with E-state index >= 15 is 0 Å². The van der Waals surface area contributed by atoms with E-state index < -0.39 is 12.6 Å². The molecule has 2 atom stereocenters. The summed E-state index contributed by atoms with van der Waals surface area (Å²) in [5.74, 6) is 2.55. The zero-order chi connectivity index (χ0) is 18.4. The van der Waals surface area contributed by atoms with Gasteiger partial charge in [-0.05, 0) is 11.1 Å². The molecule has 0 aliphatic carbocycles. The van der Waals surface area contributed by atoms with Crippen molar-refractivity contribution in [2.75, 3.05) is 14.2 Å². The standard InChI is InChI=1S/C22H28O3.2Y/c1-15(2)17-7-11-19(12-8-17)21(23-5)25-22(24-6)20-13-9-18(10-14-20)16(3)4;;/h7-14,21-22H,1-6H3;;/q-2;;. The Balaban J connectivity index is 0.00000338. The molecule has 0 saturated carbocycles. The summed E-state index contributed by atoms with van der Waals surface area (Å²) in [5, 5.41) is 0. The fourth-order valence-electron chi connectivity index (χ4n) is 2.60. The van der Waals surface area contributed by atoms with E-state index in [1.165, 1.54) is 23.0 Å². The van der Waals surface area contributed by atoms with Gasteiger partial charge < -0.3 is 14.2 Å². The van der Waals surface area contributed by atoms with Crippen LogP contribution in [0.2, 0.25) is 0 Å². The van der Waals surface area contributed by atoms with E-state index in [-0.39, 0.29) is 65.4 Å². The number of ether oxygens (including phenoxy) is 3. The van der Waals surface area contributed by atoms with Crippen LogP contribution in [0.15, 0.2) is 48.5 Å². The Kier molecular flexibility index (Phi) is 13.6. The van der Waals surface area contributed by atoms with Gasteiger partial charge in [0.15, 0.2) is 12.6 Å². The molecule has 2 rings (SSSR count). The Morgan fingerprint density at radius 1 is 0.593 bits per heavy atom. The van der Waals surface area contributed by atoms with Crippen molar-refractivity contribution in [3.63, 3.8) is 0 Å². The molecule has 0 aliphatic rings. The van der Waals surface area contributed by atoms with Crippen molar-refractivity contribution >= 4 is 0 Å². The van der Waals surface area contributed by atoms with Gasteiger partial charge in [-0.1, -0.05) is 27.7 Å². The Morgan fingerprint density at radius 2 is 0.889 bits per heavy atom. The van der Waals surface area contributed by atoms with E-state index in [4.69, 9.17) is 14.2 Å². The summed E-state index contributed by atoms with van der Waals surface area (Å²) in [6.45, 7) is 8.39. The third-order valence-corrected chi connectivity index (χ3v) is 4.20. The van der Waals surface area contributed by atoms with Crippen LogP contribution in [0.5, 0.6) is 0 Å². The first-order valence-electron chi connectivity index (χ1n) is 8.48. The number of hydrogen-bond acceptors (Lipinski definition) is 3. The normalized spacial score (nSPS) is 12.4. The predicted octanol–water partition coefficient (Wildman–Crippen LogP) is 5.61. The molecule has 2 aromatic rings. The molecule has 0 N–H and O–H groups in total. The van der Waals surface area contributed by atoms with Crippen molar-refractivity contribution < 1.29 is 79.6 Å². The van der Waals surface area contributed by atoms with Gasteiger partial charge in [0.1, 0.15) is 0 Å². The quantitative estimate of drug-likeness (QED) is 0.336. The molecule has 3 nitrogen and oxygen atoms in total. The summed E-state index contributed by atoms with van der Waals surface area (Å²) < 4.78 is 17.1. The summed E-state index contributed by atoms with van der Waals surface area (Å²) in [6.07, 6.45) is -0.981. The first-order valence-corrected chi connectivity index (χ1v) is 8.48. The molecule has 5 heteroatoms. The maximum Gasteiger partial charge on any atom is 0.184 e. The van der Waals surface area contributed by atoms with Crippen molar-refractivity contribution in [1.82, 2.24) is 0 Å². The second-order valence-corrected chi connectivity index (χ2v) is 6.52.